The van der Waals surface area contributed by atoms with Gasteiger partial charge in [0.25, 0.3) is 0 Å². The molecule has 2 aromatic rings. The number of carbonyl (C=O) groups is 2. The number of carbonyl (C=O) groups excluding carboxylic acids is 1. The summed E-state index contributed by atoms with van der Waals surface area (Å²) in [4.78, 5) is 23.7. The summed E-state index contributed by atoms with van der Waals surface area (Å²) in [5.74, 6) is -1.31. The molecular weight excluding hydrogens is 290 g/mol. The van der Waals surface area contributed by atoms with Crippen LogP contribution in [0.15, 0.2) is 41.8 Å². The number of aryl methyl sites for hydroxylation is 1. The highest BCUT2D eigenvalue weighted by atomic mass is 32.1. The minimum atomic E-state index is -1.09. The van der Waals surface area contributed by atoms with E-state index in [1.807, 2.05) is 0 Å². The average molecular weight is 305 g/mol. The molecule has 21 heavy (non-hydrogen) atoms. The Kier molecular flexibility index (Phi) is 4.94. The van der Waals surface area contributed by atoms with Crippen molar-refractivity contribution in [2.75, 3.05) is 0 Å². The summed E-state index contributed by atoms with van der Waals surface area (Å²) in [6.07, 6.45) is 0.474. The molecule has 1 aromatic carbocycles. The normalized spacial score (nSPS) is 11.8. The largest absolute Gasteiger partial charge is 0.508 e. The van der Waals surface area contributed by atoms with E-state index in [4.69, 9.17) is 0 Å². The zero-order chi connectivity index (χ0) is 15.2. The number of thiophene rings is 1. The lowest BCUT2D eigenvalue weighted by Crippen LogP contribution is -2.33. The van der Waals surface area contributed by atoms with Crippen LogP contribution in [0.5, 0.6) is 5.75 Å². The van der Waals surface area contributed by atoms with Crippen LogP contribution in [0, 0.1) is 0 Å². The maximum Gasteiger partial charge on any atom is 0.331 e. The third-order valence-corrected chi connectivity index (χ3v) is 3.93. The number of aliphatic carboxylic acids is 1. The van der Waals surface area contributed by atoms with Crippen molar-refractivity contribution in [2.45, 2.75) is 18.9 Å². The van der Waals surface area contributed by atoms with Crippen LogP contribution in [0.3, 0.4) is 0 Å². The lowest BCUT2D eigenvalue weighted by Gasteiger charge is -2.13. The first kappa shape index (κ1) is 15.1. The number of benzene rings is 1. The van der Waals surface area contributed by atoms with Crippen molar-refractivity contribution in [1.29, 1.82) is 0 Å². The number of hydrogen-bond acceptors (Lipinski definition) is 4. The minimum absolute atomic E-state index is 0.118. The molecule has 1 heterocycles. The van der Waals surface area contributed by atoms with Crippen molar-refractivity contribution in [3.8, 4) is 5.75 Å². The Morgan fingerprint density at radius 3 is 2.57 bits per heavy atom. The quantitative estimate of drug-likeness (QED) is 0.764. The van der Waals surface area contributed by atoms with E-state index in [0.717, 1.165) is 0 Å². The van der Waals surface area contributed by atoms with Gasteiger partial charge in [0.15, 0.2) is 6.04 Å². The average Bonchev–Trinajstić information content (AvgIpc) is 2.97. The van der Waals surface area contributed by atoms with Crippen molar-refractivity contribution in [3.05, 3.63) is 52.2 Å². The van der Waals surface area contributed by atoms with Gasteiger partial charge in [-0.05, 0) is 29.5 Å². The first-order valence-electron chi connectivity index (χ1n) is 6.40. The number of carboxylic acids is 1. The molecule has 0 fully saturated rings. The number of carboxylic acid groups (broad SMARTS) is 1. The number of nitrogens with one attached hydrogen (secondary N) is 1. The molecule has 0 spiro atoms. The summed E-state index contributed by atoms with van der Waals surface area (Å²) in [6, 6.07) is 9.16. The number of amides is 1. The summed E-state index contributed by atoms with van der Waals surface area (Å²) in [6.45, 7) is 0. The van der Waals surface area contributed by atoms with Gasteiger partial charge in [-0.15, -0.1) is 11.3 Å². The van der Waals surface area contributed by atoms with Gasteiger partial charge >= 0.3 is 5.97 Å². The molecular formula is C15H15NO4S. The molecule has 1 atom stereocenters. The fourth-order valence-corrected chi connectivity index (χ4v) is 2.68. The SMILES string of the molecule is O=C(CCc1ccccc1O)NC(C(=O)O)c1cccs1. The lowest BCUT2D eigenvalue weighted by atomic mass is 10.1. The highest BCUT2D eigenvalue weighted by Gasteiger charge is 2.22. The Labute approximate surface area is 125 Å². The van der Waals surface area contributed by atoms with Gasteiger partial charge in [0, 0.05) is 11.3 Å². The van der Waals surface area contributed by atoms with Crippen LogP contribution in [-0.4, -0.2) is 22.1 Å². The van der Waals surface area contributed by atoms with Crippen LogP contribution < -0.4 is 5.32 Å². The Morgan fingerprint density at radius 1 is 1.19 bits per heavy atom. The summed E-state index contributed by atoms with van der Waals surface area (Å²) in [5, 5.41) is 23.1. The highest BCUT2D eigenvalue weighted by molar-refractivity contribution is 7.10. The molecule has 0 radical (unpaired) electrons. The van der Waals surface area contributed by atoms with Crippen LogP contribution in [0.1, 0.15) is 22.9 Å². The van der Waals surface area contributed by atoms with Crippen molar-refractivity contribution >= 4 is 23.2 Å². The van der Waals surface area contributed by atoms with E-state index in [-0.39, 0.29) is 18.1 Å². The van der Waals surface area contributed by atoms with Crippen LogP contribution in [0.25, 0.3) is 0 Å². The summed E-state index contributed by atoms with van der Waals surface area (Å²) < 4.78 is 0. The Bertz CT molecular complexity index is 624. The Hall–Kier alpha value is -2.34. The molecule has 1 unspecified atom stereocenters. The van der Waals surface area contributed by atoms with Crippen LogP contribution in [0.4, 0.5) is 0 Å². The van der Waals surface area contributed by atoms with Gasteiger partial charge < -0.3 is 15.5 Å². The van der Waals surface area contributed by atoms with E-state index in [9.17, 15) is 19.8 Å². The summed E-state index contributed by atoms with van der Waals surface area (Å²) in [5.41, 5.74) is 0.663. The van der Waals surface area contributed by atoms with Gasteiger partial charge in [-0.2, -0.15) is 0 Å². The molecule has 3 N–H and O–H groups in total. The van der Waals surface area contributed by atoms with Crippen LogP contribution in [0.2, 0.25) is 0 Å². The fourth-order valence-electron chi connectivity index (χ4n) is 1.91. The second-order valence-electron chi connectivity index (χ2n) is 4.48. The Morgan fingerprint density at radius 2 is 1.95 bits per heavy atom. The van der Waals surface area contributed by atoms with Gasteiger partial charge in [-0.3, -0.25) is 4.79 Å². The molecule has 0 aliphatic carbocycles. The van der Waals surface area contributed by atoms with E-state index < -0.39 is 12.0 Å². The fraction of sp³-hybridized carbons (Fsp3) is 0.200. The van der Waals surface area contributed by atoms with E-state index in [2.05, 4.69) is 5.32 Å². The van der Waals surface area contributed by atoms with Crippen molar-refractivity contribution in [3.63, 3.8) is 0 Å². The number of aromatic hydroxyl groups is 1. The van der Waals surface area contributed by atoms with E-state index in [1.54, 1.807) is 41.8 Å². The van der Waals surface area contributed by atoms with Gasteiger partial charge in [0.05, 0.1) is 0 Å². The molecule has 2 rings (SSSR count). The number of phenols is 1. The molecule has 0 bridgehead atoms. The molecule has 0 saturated heterocycles. The zero-order valence-electron chi connectivity index (χ0n) is 11.2. The number of rotatable bonds is 6. The maximum atomic E-state index is 11.9. The van der Waals surface area contributed by atoms with Gasteiger partial charge in [0.2, 0.25) is 5.91 Å². The minimum Gasteiger partial charge on any atom is -0.508 e. The van der Waals surface area contributed by atoms with Gasteiger partial charge in [-0.1, -0.05) is 24.3 Å². The lowest BCUT2D eigenvalue weighted by molar-refractivity contribution is -0.141. The second-order valence-corrected chi connectivity index (χ2v) is 5.46. The van der Waals surface area contributed by atoms with Crippen LogP contribution >= 0.6 is 11.3 Å². The molecule has 0 saturated carbocycles. The van der Waals surface area contributed by atoms with Crippen molar-refractivity contribution < 1.29 is 19.8 Å². The number of hydrogen-bond donors (Lipinski definition) is 3. The standard InChI is InChI=1S/C15H15NO4S/c17-11-5-2-1-4-10(11)7-8-13(18)16-14(15(19)20)12-6-3-9-21-12/h1-6,9,14,17H,7-8H2,(H,16,18)(H,19,20). The highest BCUT2D eigenvalue weighted by Crippen LogP contribution is 2.20. The van der Waals surface area contributed by atoms with E-state index in [1.165, 1.54) is 11.3 Å². The first-order chi connectivity index (χ1) is 10.1. The zero-order valence-corrected chi connectivity index (χ0v) is 12.0. The van der Waals surface area contributed by atoms with Gasteiger partial charge in [0.1, 0.15) is 5.75 Å². The number of para-hydroxylation sites is 1. The first-order valence-corrected chi connectivity index (χ1v) is 7.28. The van der Waals surface area contributed by atoms with E-state index in [0.29, 0.717) is 16.9 Å². The topological polar surface area (TPSA) is 86.6 Å². The summed E-state index contributed by atoms with van der Waals surface area (Å²) >= 11 is 1.28. The molecule has 5 nitrogen and oxygen atoms in total. The molecule has 0 aliphatic heterocycles. The summed E-state index contributed by atoms with van der Waals surface area (Å²) in [7, 11) is 0. The molecule has 1 aromatic heterocycles. The molecule has 0 aliphatic rings. The van der Waals surface area contributed by atoms with Crippen LogP contribution in [-0.2, 0) is 16.0 Å². The number of phenolic OH excluding ortho intramolecular Hbond substituents is 1. The van der Waals surface area contributed by atoms with E-state index >= 15 is 0 Å². The second kappa shape index (κ2) is 6.90. The maximum absolute atomic E-state index is 11.9. The third kappa shape index (κ3) is 4.06. The van der Waals surface area contributed by atoms with Gasteiger partial charge in [-0.25, -0.2) is 4.79 Å². The molecule has 1 amide bonds. The van der Waals surface area contributed by atoms with Crippen molar-refractivity contribution in [2.24, 2.45) is 0 Å². The van der Waals surface area contributed by atoms with Crippen molar-refractivity contribution in [1.82, 2.24) is 5.32 Å². The monoisotopic (exact) mass is 305 g/mol. The third-order valence-electron chi connectivity index (χ3n) is 2.99. The molecule has 6 heteroatoms. The molecule has 110 valence electrons. The Balaban J connectivity index is 1.94. The predicted octanol–water partition coefficient (Wildman–Crippen LogP) is 2.33. The smallest absolute Gasteiger partial charge is 0.331 e. The predicted molar refractivity (Wildman–Crippen MR) is 79.3 cm³/mol.